The van der Waals surface area contributed by atoms with E-state index in [-0.39, 0.29) is 11.9 Å². The lowest BCUT2D eigenvalue weighted by atomic mass is 10.1. The summed E-state index contributed by atoms with van der Waals surface area (Å²) >= 11 is 6.28. The molecule has 1 saturated heterocycles. The molecule has 3 rings (SSSR count). The van der Waals surface area contributed by atoms with Crippen LogP contribution in [0, 0.1) is 5.92 Å². The number of hydrogen-bond donors (Lipinski definition) is 2. The highest BCUT2D eigenvalue weighted by atomic mass is 35.5. The standard InChI is InChI=1S/C18H23ClN4O/c1-11(20)15-8-14-4-3-5-16(19)17(14)22-18(15)21-9-13-6-7-23(10-13)12(2)24/h3-5,8,11,13H,6-7,9-10,20H2,1-2H3,(H,21,22)/t11-,13-/m0/s1. The van der Waals surface area contributed by atoms with E-state index < -0.39 is 0 Å². The monoisotopic (exact) mass is 346 g/mol. The Balaban J connectivity index is 1.81. The normalized spacial score (nSPS) is 18.8. The Bertz CT molecular complexity index is 762. The fraction of sp³-hybridized carbons (Fsp3) is 0.444. The van der Waals surface area contributed by atoms with E-state index in [0.29, 0.717) is 10.9 Å². The molecule has 128 valence electrons. The smallest absolute Gasteiger partial charge is 0.219 e. The molecule has 1 fully saturated rings. The Morgan fingerprint density at radius 3 is 3.00 bits per heavy atom. The van der Waals surface area contributed by atoms with Gasteiger partial charge in [-0.2, -0.15) is 0 Å². The van der Waals surface area contributed by atoms with Gasteiger partial charge in [-0.3, -0.25) is 4.79 Å². The predicted molar refractivity (Wildman–Crippen MR) is 98.2 cm³/mol. The van der Waals surface area contributed by atoms with Crippen LogP contribution in [0.4, 0.5) is 5.82 Å². The van der Waals surface area contributed by atoms with Gasteiger partial charge in [0.25, 0.3) is 0 Å². The van der Waals surface area contributed by atoms with Gasteiger partial charge in [0.15, 0.2) is 0 Å². The molecule has 1 aliphatic heterocycles. The highest BCUT2D eigenvalue weighted by molar-refractivity contribution is 6.35. The molecule has 1 aromatic carbocycles. The van der Waals surface area contributed by atoms with Gasteiger partial charge in [-0.15, -0.1) is 0 Å². The highest BCUT2D eigenvalue weighted by Gasteiger charge is 2.24. The molecule has 0 spiro atoms. The summed E-state index contributed by atoms with van der Waals surface area (Å²) in [6, 6.07) is 7.68. The Morgan fingerprint density at radius 1 is 1.54 bits per heavy atom. The van der Waals surface area contributed by atoms with Crippen molar-refractivity contribution in [2.45, 2.75) is 26.3 Å². The van der Waals surface area contributed by atoms with E-state index in [1.165, 1.54) is 0 Å². The Morgan fingerprint density at radius 2 is 2.33 bits per heavy atom. The molecule has 1 aromatic heterocycles. The molecule has 2 atom stereocenters. The lowest BCUT2D eigenvalue weighted by Gasteiger charge is -2.18. The number of carbonyl (C=O) groups is 1. The number of likely N-dealkylation sites (tertiary alicyclic amines) is 1. The SMILES string of the molecule is CC(=O)N1CC[C@@H](CNc2nc3c(Cl)cccc3cc2[C@H](C)N)C1. The number of pyridine rings is 1. The van der Waals surface area contributed by atoms with Crippen LogP contribution in [0.2, 0.25) is 5.02 Å². The second-order valence-corrected chi connectivity index (χ2v) is 6.93. The van der Waals surface area contributed by atoms with Crippen LogP contribution in [0.15, 0.2) is 24.3 Å². The number of nitrogens with one attached hydrogen (secondary N) is 1. The number of para-hydroxylation sites is 1. The lowest BCUT2D eigenvalue weighted by Crippen LogP contribution is -2.27. The Hall–Kier alpha value is -1.85. The van der Waals surface area contributed by atoms with Crippen LogP contribution in [0.3, 0.4) is 0 Å². The largest absolute Gasteiger partial charge is 0.369 e. The molecule has 6 heteroatoms. The lowest BCUT2D eigenvalue weighted by molar-refractivity contribution is -0.127. The van der Waals surface area contributed by atoms with Crippen molar-refractivity contribution in [3.8, 4) is 0 Å². The average Bonchev–Trinajstić information content (AvgIpc) is 3.02. The van der Waals surface area contributed by atoms with Gasteiger partial charge in [0.2, 0.25) is 5.91 Å². The topological polar surface area (TPSA) is 71.2 Å². The number of carbonyl (C=O) groups excluding carboxylic acids is 1. The molecule has 2 aromatic rings. The molecule has 2 heterocycles. The maximum absolute atomic E-state index is 11.5. The van der Waals surface area contributed by atoms with Crippen LogP contribution >= 0.6 is 11.6 Å². The first-order valence-corrected chi connectivity index (χ1v) is 8.67. The average molecular weight is 347 g/mol. The van der Waals surface area contributed by atoms with E-state index in [1.807, 2.05) is 30.0 Å². The first kappa shape index (κ1) is 17.0. The quantitative estimate of drug-likeness (QED) is 0.891. The summed E-state index contributed by atoms with van der Waals surface area (Å²) < 4.78 is 0. The molecule has 1 amide bonds. The molecular weight excluding hydrogens is 324 g/mol. The number of fused-ring (bicyclic) bond motifs is 1. The first-order chi connectivity index (χ1) is 11.5. The molecular formula is C18H23ClN4O. The van der Waals surface area contributed by atoms with Gasteiger partial charge >= 0.3 is 0 Å². The first-order valence-electron chi connectivity index (χ1n) is 8.30. The molecule has 1 aliphatic rings. The number of benzene rings is 1. The van der Waals surface area contributed by atoms with Crippen LogP contribution < -0.4 is 11.1 Å². The third kappa shape index (κ3) is 3.47. The van der Waals surface area contributed by atoms with E-state index >= 15 is 0 Å². The molecule has 24 heavy (non-hydrogen) atoms. The zero-order valence-corrected chi connectivity index (χ0v) is 14.8. The highest BCUT2D eigenvalue weighted by Crippen LogP contribution is 2.29. The van der Waals surface area contributed by atoms with Crippen LogP contribution in [-0.2, 0) is 4.79 Å². The van der Waals surface area contributed by atoms with Crippen LogP contribution in [0.1, 0.15) is 31.9 Å². The predicted octanol–water partition coefficient (Wildman–Crippen LogP) is 3.19. The third-order valence-electron chi connectivity index (χ3n) is 4.61. The number of anilines is 1. The maximum Gasteiger partial charge on any atom is 0.219 e. The summed E-state index contributed by atoms with van der Waals surface area (Å²) in [7, 11) is 0. The van der Waals surface area contributed by atoms with Crippen molar-refractivity contribution >= 4 is 34.2 Å². The summed E-state index contributed by atoms with van der Waals surface area (Å²) in [5, 5.41) is 5.05. The number of amides is 1. The van der Waals surface area contributed by atoms with E-state index in [9.17, 15) is 4.79 Å². The van der Waals surface area contributed by atoms with Crippen molar-refractivity contribution in [2.24, 2.45) is 11.7 Å². The molecule has 0 saturated carbocycles. The van der Waals surface area contributed by atoms with Gasteiger partial charge < -0.3 is 16.0 Å². The van der Waals surface area contributed by atoms with E-state index in [0.717, 1.165) is 48.3 Å². The molecule has 5 nitrogen and oxygen atoms in total. The molecule has 0 aliphatic carbocycles. The molecule has 3 N–H and O–H groups in total. The minimum atomic E-state index is -0.124. The third-order valence-corrected chi connectivity index (χ3v) is 4.91. The van der Waals surface area contributed by atoms with Crippen molar-refractivity contribution in [1.29, 1.82) is 0 Å². The number of hydrogen-bond acceptors (Lipinski definition) is 4. The number of aromatic nitrogens is 1. The number of halogens is 1. The number of nitrogens with two attached hydrogens (primary N) is 1. The summed E-state index contributed by atoms with van der Waals surface area (Å²) in [6.45, 7) is 5.97. The Kier molecular flexibility index (Phi) is 4.92. The van der Waals surface area contributed by atoms with Crippen molar-refractivity contribution in [3.63, 3.8) is 0 Å². The van der Waals surface area contributed by atoms with Gasteiger partial charge in [-0.25, -0.2) is 4.98 Å². The van der Waals surface area contributed by atoms with Crippen molar-refractivity contribution in [2.75, 3.05) is 25.0 Å². The summed E-state index contributed by atoms with van der Waals surface area (Å²) in [6.07, 6.45) is 1.01. The van der Waals surface area contributed by atoms with Crippen LogP contribution in [0.5, 0.6) is 0 Å². The minimum Gasteiger partial charge on any atom is -0.369 e. The van der Waals surface area contributed by atoms with E-state index in [2.05, 4.69) is 11.4 Å². The zero-order chi connectivity index (χ0) is 17.3. The Labute approximate surface area is 147 Å². The van der Waals surface area contributed by atoms with Gasteiger partial charge in [0, 0.05) is 43.5 Å². The fourth-order valence-electron chi connectivity index (χ4n) is 3.19. The van der Waals surface area contributed by atoms with E-state index in [1.54, 1.807) is 6.92 Å². The molecule has 0 bridgehead atoms. The second kappa shape index (κ2) is 6.95. The van der Waals surface area contributed by atoms with Crippen LogP contribution in [-0.4, -0.2) is 35.4 Å². The number of nitrogens with zero attached hydrogens (tertiary/aromatic N) is 2. The van der Waals surface area contributed by atoms with E-state index in [4.69, 9.17) is 22.3 Å². The van der Waals surface area contributed by atoms with Crippen molar-refractivity contribution < 1.29 is 4.79 Å². The maximum atomic E-state index is 11.5. The molecule has 0 radical (unpaired) electrons. The van der Waals surface area contributed by atoms with Crippen LogP contribution in [0.25, 0.3) is 10.9 Å². The minimum absolute atomic E-state index is 0.124. The molecule has 0 unspecified atom stereocenters. The second-order valence-electron chi connectivity index (χ2n) is 6.53. The van der Waals surface area contributed by atoms with Gasteiger partial charge in [-0.05, 0) is 31.4 Å². The van der Waals surface area contributed by atoms with Gasteiger partial charge in [0.05, 0.1) is 10.5 Å². The fourth-order valence-corrected chi connectivity index (χ4v) is 3.42. The summed E-state index contributed by atoms with van der Waals surface area (Å²) in [4.78, 5) is 18.1. The number of rotatable bonds is 4. The summed E-state index contributed by atoms with van der Waals surface area (Å²) in [5.74, 6) is 1.36. The van der Waals surface area contributed by atoms with Gasteiger partial charge in [-0.1, -0.05) is 23.7 Å². The zero-order valence-electron chi connectivity index (χ0n) is 14.1. The van der Waals surface area contributed by atoms with Crippen molar-refractivity contribution in [3.05, 3.63) is 34.9 Å². The summed E-state index contributed by atoms with van der Waals surface area (Å²) in [5.41, 5.74) is 7.88. The van der Waals surface area contributed by atoms with Crippen molar-refractivity contribution in [1.82, 2.24) is 9.88 Å². The van der Waals surface area contributed by atoms with Gasteiger partial charge in [0.1, 0.15) is 5.82 Å².